The first-order valence-electron chi connectivity index (χ1n) is 8.71. The molecular formula is C19H24N4O3. The lowest BCUT2D eigenvalue weighted by molar-refractivity contribution is 0.208. The van der Waals surface area contributed by atoms with Crippen LogP contribution in [-0.4, -0.2) is 54.8 Å². The lowest BCUT2D eigenvalue weighted by Gasteiger charge is -2.17. The summed E-state index contributed by atoms with van der Waals surface area (Å²) in [5.74, 6) is 1.66. The van der Waals surface area contributed by atoms with E-state index >= 15 is 0 Å². The number of urea groups is 1. The molecule has 1 N–H and O–H groups in total. The number of aromatic nitrogens is 2. The average molecular weight is 356 g/mol. The molecule has 0 aliphatic carbocycles. The highest BCUT2D eigenvalue weighted by Crippen LogP contribution is 2.28. The molecule has 3 rings (SSSR count). The number of carbonyl (C=O) groups is 1. The quantitative estimate of drug-likeness (QED) is 0.859. The normalized spacial score (nSPS) is 16.4. The molecule has 1 aromatic heterocycles. The predicted molar refractivity (Wildman–Crippen MR) is 97.6 cm³/mol. The highest BCUT2D eigenvalue weighted by atomic mass is 16.5. The second-order valence-corrected chi connectivity index (χ2v) is 6.23. The Kier molecular flexibility index (Phi) is 5.88. The zero-order chi connectivity index (χ0) is 18.4. The van der Waals surface area contributed by atoms with Gasteiger partial charge in [0.2, 0.25) is 0 Å². The molecule has 0 radical (unpaired) electrons. The predicted octanol–water partition coefficient (Wildman–Crippen LogP) is 2.24. The number of carbonyl (C=O) groups excluding carboxylic acids is 1. The first-order chi connectivity index (χ1) is 12.7. The van der Waals surface area contributed by atoms with Crippen LogP contribution < -0.4 is 14.8 Å². The topological polar surface area (TPSA) is 76.6 Å². The molecule has 1 aliphatic rings. The number of benzene rings is 1. The maximum atomic E-state index is 12.4. The summed E-state index contributed by atoms with van der Waals surface area (Å²) in [6, 6.07) is 5.76. The van der Waals surface area contributed by atoms with Gasteiger partial charge in [0.05, 0.1) is 19.9 Å². The van der Waals surface area contributed by atoms with Crippen molar-refractivity contribution in [3.05, 3.63) is 48.0 Å². The summed E-state index contributed by atoms with van der Waals surface area (Å²) in [6.45, 7) is 1.99. The van der Waals surface area contributed by atoms with E-state index in [4.69, 9.17) is 9.47 Å². The van der Waals surface area contributed by atoms with E-state index in [-0.39, 0.29) is 11.9 Å². The number of likely N-dealkylation sites (tertiary alicyclic amines) is 1. The number of hydrogen-bond donors (Lipinski definition) is 1. The van der Waals surface area contributed by atoms with E-state index in [1.54, 1.807) is 32.8 Å². The summed E-state index contributed by atoms with van der Waals surface area (Å²) < 4.78 is 10.5. The van der Waals surface area contributed by atoms with Gasteiger partial charge in [-0.1, -0.05) is 6.07 Å². The zero-order valence-electron chi connectivity index (χ0n) is 15.1. The monoisotopic (exact) mass is 356 g/mol. The van der Waals surface area contributed by atoms with Crippen molar-refractivity contribution in [2.75, 3.05) is 33.9 Å². The van der Waals surface area contributed by atoms with Crippen LogP contribution in [0.2, 0.25) is 0 Å². The number of rotatable bonds is 6. The van der Waals surface area contributed by atoms with Crippen molar-refractivity contribution < 1.29 is 14.3 Å². The molecule has 0 bridgehead atoms. The van der Waals surface area contributed by atoms with Gasteiger partial charge in [-0.15, -0.1) is 0 Å². The van der Waals surface area contributed by atoms with Crippen LogP contribution in [0.15, 0.2) is 36.8 Å². The van der Waals surface area contributed by atoms with Crippen LogP contribution in [0, 0.1) is 0 Å². The fourth-order valence-corrected chi connectivity index (χ4v) is 3.17. The molecule has 138 valence electrons. The van der Waals surface area contributed by atoms with Crippen molar-refractivity contribution in [2.45, 2.75) is 18.8 Å². The number of ether oxygens (including phenoxy) is 2. The second-order valence-electron chi connectivity index (χ2n) is 6.23. The Morgan fingerprint density at radius 3 is 2.85 bits per heavy atom. The molecule has 7 heteroatoms. The van der Waals surface area contributed by atoms with Gasteiger partial charge in [0.25, 0.3) is 0 Å². The van der Waals surface area contributed by atoms with Crippen molar-refractivity contribution in [1.82, 2.24) is 20.2 Å². The zero-order valence-corrected chi connectivity index (χ0v) is 15.1. The van der Waals surface area contributed by atoms with Gasteiger partial charge in [0.1, 0.15) is 0 Å². The number of nitrogens with one attached hydrogen (secondary N) is 1. The number of methoxy groups -OCH3 is 2. The van der Waals surface area contributed by atoms with Crippen LogP contribution in [0.3, 0.4) is 0 Å². The first-order valence-corrected chi connectivity index (χ1v) is 8.71. The van der Waals surface area contributed by atoms with E-state index < -0.39 is 0 Å². The van der Waals surface area contributed by atoms with Gasteiger partial charge < -0.3 is 19.7 Å². The van der Waals surface area contributed by atoms with Crippen molar-refractivity contribution >= 4 is 6.03 Å². The molecule has 26 heavy (non-hydrogen) atoms. The lowest BCUT2D eigenvalue weighted by atomic mass is 10.1. The highest BCUT2D eigenvalue weighted by Gasteiger charge is 2.28. The Labute approximate surface area is 153 Å². The van der Waals surface area contributed by atoms with Crippen LogP contribution in [0.5, 0.6) is 11.5 Å². The molecule has 0 saturated carbocycles. The molecule has 1 aliphatic heterocycles. The summed E-state index contributed by atoms with van der Waals surface area (Å²) in [5.41, 5.74) is 2.04. The number of hydrogen-bond acceptors (Lipinski definition) is 5. The highest BCUT2D eigenvalue weighted by molar-refractivity contribution is 5.74. The largest absolute Gasteiger partial charge is 0.493 e. The second kappa shape index (κ2) is 8.51. The van der Waals surface area contributed by atoms with Crippen LogP contribution in [0.25, 0.3) is 0 Å². The summed E-state index contributed by atoms with van der Waals surface area (Å²) in [5, 5.41) is 2.99. The van der Waals surface area contributed by atoms with E-state index in [1.807, 2.05) is 23.1 Å². The molecule has 2 heterocycles. The van der Waals surface area contributed by atoms with Crippen LogP contribution in [-0.2, 0) is 6.42 Å². The first kappa shape index (κ1) is 18.0. The Morgan fingerprint density at radius 1 is 1.27 bits per heavy atom. The average Bonchev–Trinajstić information content (AvgIpc) is 3.19. The summed E-state index contributed by atoms with van der Waals surface area (Å²) in [4.78, 5) is 22.7. The molecule has 2 amide bonds. The number of nitrogens with zero attached hydrogens (tertiary/aromatic N) is 3. The molecule has 1 unspecified atom stereocenters. The summed E-state index contributed by atoms with van der Waals surface area (Å²) >= 11 is 0. The minimum absolute atomic E-state index is 0.0307. The van der Waals surface area contributed by atoms with E-state index in [1.165, 1.54) is 0 Å². The van der Waals surface area contributed by atoms with E-state index in [2.05, 4.69) is 15.3 Å². The maximum absolute atomic E-state index is 12.4. The van der Waals surface area contributed by atoms with Crippen molar-refractivity contribution in [2.24, 2.45) is 0 Å². The fraction of sp³-hybridized carbons (Fsp3) is 0.421. The molecule has 7 nitrogen and oxygen atoms in total. The van der Waals surface area contributed by atoms with Gasteiger partial charge in [-0.05, 0) is 30.5 Å². The Morgan fingerprint density at radius 2 is 2.12 bits per heavy atom. The third kappa shape index (κ3) is 4.22. The third-order valence-corrected chi connectivity index (χ3v) is 4.61. The van der Waals surface area contributed by atoms with E-state index in [9.17, 15) is 4.79 Å². The van der Waals surface area contributed by atoms with Crippen molar-refractivity contribution in [1.29, 1.82) is 0 Å². The number of amides is 2. The van der Waals surface area contributed by atoms with Gasteiger partial charge in [0.15, 0.2) is 11.5 Å². The van der Waals surface area contributed by atoms with Gasteiger partial charge in [-0.3, -0.25) is 9.97 Å². The lowest BCUT2D eigenvalue weighted by Crippen LogP contribution is -2.39. The minimum Gasteiger partial charge on any atom is -0.493 e. The summed E-state index contributed by atoms with van der Waals surface area (Å²) in [6.07, 6.45) is 6.79. The molecule has 1 aromatic carbocycles. The van der Waals surface area contributed by atoms with Gasteiger partial charge in [0, 0.05) is 44.1 Å². The maximum Gasteiger partial charge on any atom is 0.317 e. The third-order valence-electron chi connectivity index (χ3n) is 4.61. The fourth-order valence-electron chi connectivity index (χ4n) is 3.17. The van der Waals surface area contributed by atoms with Crippen molar-refractivity contribution in [3.63, 3.8) is 0 Å². The molecule has 2 aromatic rings. The Balaban J connectivity index is 1.47. The van der Waals surface area contributed by atoms with E-state index in [0.29, 0.717) is 24.6 Å². The summed E-state index contributed by atoms with van der Waals surface area (Å²) in [7, 11) is 3.23. The Bertz CT molecular complexity index is 739. The van der Waals surface area contributed by atoms with E-state index in [0.717, 1.165) is 30.6 Å². The van der Waals surface area contributed by atoms with Crippen molar-refractivity contribution in [3.8, 4) is 11.5 Å². The van der Waals surface area contributed by atoms with Gasteiger partial charge in [-0.25, -0.2) is 4.79 Å². The molecular weight excluding hydrogens is 332 g/mol. The van der Waals surface area contributed by atoms with Gasteiger partial charge in [-0.2, -0.15) is 0 Å². The smallest absolute Gasteiger partial charge is 0.317 e. The standard InChI is InChI=1S/C19H24N4O3/c1-25-17-4-3-14(11-18(17)26-2)5-7-22-19(24)23-10-6-15(13-23)16-12-20-8-9-21-16/h3-4,8-9,11-12,15H,5-7,10,13H2,1-2H3,(H,22,24). The molecule has 1 atom stereocenters. The SMILES string of the molecule is COc1ccc(CCNC(=O)N2CCC(c3cnccn3)C2)cc1OC. The van der Waals surface area contributed by atoms with Crippen LogP contribution in [0.4, 0.5) is 4.79 Å². The van der Waals surface area contributed by atoms with Gasteiger partial charge >= 0.3 is 6.03 Å². The molecule has 1 saturated heterocycles. The van der Waals surface area contributed by atoms with Crippen LogP contribution >= 0.6 is 0 Å². The molecule has 1 fully saturated rings. The Hall–Kier alpha value is -2.83. The van der Waals surface area contributed by atoms with Crippen LogP contribution in [0.1, 0.15) is 23.6 Å². The minimum atomic E-state index is -0.0307. The molecule has 0 spiro atoms.